The van der Waals surface area contributed by atoms with Gasteiger partial charge in [0, 0.05) is 17.0 Å². The Morgan fingerprint density at radius 2 is 1.79 bits per heavy atom. The van der Waals surface area contributed by atoms with Gasteiger partial charge in [0.2, 0.25) is 0 Å². The Balaban J connectivity index is 1.52. The van der Waals surface area contributed by atoms with Crippen LogP contribution in [0.4, 0.5) is 13.2 Å². The highest BCUT2D eigenvalue weighted by molar-refractivity contribution is 6.74. The fourth-order valence-electron chi connectivity index (χ4n) is 7.02. The van der Waals surface area contributed by atoms with Crippen LogP contribution in [0, 0.1) is 11.3 Å². The number of alkyl halides is 3. The van der Waals surface area contributed by atoms with Crippen LogP contribution in [0.2, 0.25) is 18.1 Å². The van der Waals surface area contributed by atoms with Crippen LogP contribution < -0.4 is 0 Å². The zero-order valence-corrected chi connectivity index (χ0v) is 27.8. The number of benzene rings is 1. The molecule has 2 aromatic rings. The van der Waals surface area contributed by atoms with Gasteiger partial charge in [-0.1, -0.05) is 52.8 Å². The van der Waals surface area contributed by atoms with E-state index in [1.807, 2.05) is 0 Å². The summed E-state index contributed by atoms with van der Waals surface area (Å²) < 4.78 is 52.4. The van der Waals surface area contributed by atoms with Crippen LogP contribution in [-0.2, 0) is 21.8 Å². The van der Waals surface area contributed by atoms with E-state index in [1.54, 1.807) is 0 Å². The van der Waals surface area contributed by atoms with E-state index >= 15 is 0 Å². The predicted molar refractivity (Wildman–Crippen MR) is 167 cm³/mol. The van der Waals surface area contributed by atoms with Crippen molar-refractivity contribution in [3.63, 3.8) is 0 Å². The number of pyridine rings is 1. The summed E-state index contributed by atoms with van der Waals surface area (Å²) in [5, 5.41) is 11.4. The minimum Gasteiger partial charge on any atom is -0.410 e. The smallest absolute Gasteiger partial charge is 0.410 e. The van der Waals surface area contributed by atoms with Gasteiger partial charge in [0.15, 0.2) is 8.32 Å². The molecule has 4 atom stereocenters. The quantitative estimate of drug-likeness (QED) is 0.329. The van der Waals surface area contributed by atoms with Gasteiger partial charge in [-0.2, -0.15) is 13.2 Å². The number of nitrogens with zero attached hydrogens (tertiary/aromatic N) is 1. The molecular formula is C35H48F3NO3Si. The molecule has 1 aromatic heterocycles. The van der Waals surface area contributed by atoms with Gasteiger partial charge < -0.3 is 14.3 Å². The highest BCUT2D eigenvalue weighted by atomic mass is 28.4. The molecule has 0 amide bonds. The number of halogens is 3. The second-order valence-electron chi connectivity index (χ2n) is 15.0. The molecule has 0 saturated heterocycles. The molecule has 8 heteroatoms. The van der Waals surface area contributed by atoms with Gasteiger partial charge in [0.25, 0.3) is 0 Å². The zero-order chi connectivity index (χ0) is 31.4. The van der Waals surface area contributed by atoms with Crippen molar-refractivity contribution in [2.24, 2.45) is 11.3 Å². The number of rotatable bonds is 6. The Morgan fingerprint density at radius 1 is 1.09 bits per heavy atom. The van der Waals surface area contributed by atoms with Crippen molar-refractivity contribution in [1.29, 1.82) is 0 Å². The molecule has 236 valence electrons. The molecular weight excluding hydrogens is 567 g/mol. The summed E-state index contributed by atoms with van der Waals surface area (Å²) in [6.07, 6.45) is 2.03. The Hall–Kier alpha value is -2.00. The summed E-state index contributed by atoms with van der Waals surface area (Å²) in [6.45, 7) is 17.1. The second kappa shape index (κ2) is 11.7. The van der Waals surface area contributed by atoms with Crippen molar-refractivity contribution in [3.8, 4) is 0 Å². The third-order valence-corrected chi connectivity index (χ3v) is 15.0. The SMILES string of the molecule is CC(C)c1cc(C2=CCOCC2)c2c(n1)CC1(CCC([C@@H](O)c3ccc(C(F)(F)F)cc3)C1)C[C@@H]2O[Si](C)(C)C(C)(C)C. The molecule has 5 rings (SSSR count). The van der Waals surface area contributed by atoms with Gasteiger partial charge in [-0.3, -0.25) is 4.98 Å². The molecule has 1 N–H and O–H groups in total. The Labute approximate surface area is 256 Å². The van der Waals surface area contributed by atoms with Crippen LogP contribution in [0.1, 0.15) is 118 Å². The van der Waals surface area contributed by atoms with Gasteiger partial charge in [0.1, 0.15) is 0 Å². The highest BCUT2D eigenvalue weighted by Gasteiger charge is 2.50. The van der Waals surface area contributed by atoms with Crippen LogP contribution in [0.15, 0.2) is 36.4 Å². The Bertz CT molecular complexity index is 1350. The molecule has 1 aliphatic heterocycles. The van der Waals surface area contributed by atoms with Crippen molar-refractivity contribution in [2.45, 2.75) is 116 Å². The number of aromatic nitrogens is 1. The fraction of sp³-hybridized carbons (Fsp3) is 0.629. The molecule has 1 fully saturated rings. The minimum absolute atomic E-state index is 0.0299. The number of ether oxygens (including phenoxy) is 1. The predicted octanol–water partition coefficient (Wildman–Crippen LogP) is 9.56. The van der Waals surface area contributed by atoms with Gasteiger partial charge in [-0.15, -0.1) is 0 Å². The number of aliphatic hydroxyl groups excluding tert-OH is 1. The number of aliphatic hydroxyl groups is 1. The third-order valence-electron chi connectivity index (χ3n) is 10.6. The van der Waals surface area contributed by atoms with E-state index in [0.29, 0.717) is 18.8 Å². The molecule has 2 aliphatic carbocycles. The van der Waals surface area contributed by atoms with Crippen molar-refractivity contribution in [2.75, 3.05) is 13.2 Å². The molecule has 0 bridgehead atoms. The molecule has 1 spiro atoms. The topological polar surface area (TPSA) is 51.6 Å². The summed E-state index contributed by atoms with van der Waals surface area (Å²) in [6, 6.07) is 7.30. The van der Waals surface area contributed by atoms with Gasteiger partial charge in [0.05, 0.1) is 31.0 Å². The van der Waals surface area contributed by atoms with Crippen molar-refractivity contribution in [3.05, 3.63) is 70.0 Å². The van der Waals surface area contributed by atoms with E-state index in [2.05, 4.69) is 59.9 Å². The van der Waals surface area contributed by atoms with Gasteiger partial charge in [-0.25, -0.2) is 0 Å². The first-order valence-corrected chi connectivity index (χ1v) is 18.7. The van der Waals surface area contributed by atoms with E-state index in [-0.39, 0.29) is 28.4 Å². The maximum atomic E-state index is 13.1. The second-order valence-corrected chi connectivity index (χ2v) is 19.7. The average Bonchev–Trinajstić information content (AvgIpc) is 3.33. The first kappa shape index (κ1) is 32.4. The Kier molecular flexibility index (Phi) is 8.84. The molecule has 4 nitrogen and oxygen atoms in total. The molecule has 43 heavy (non-hydrogen) atoms. The van der Waals surface area contributed by atoms with E-state index in [9.17, 15) is 18.3 Å². The lowest BCUT2D eigenvalue weighted by Crippen LogP contribution is -2.44. The third kappa shape index (κ3) is 6.68. The van der Waals surface area contributed by atoms with Crippen molar-refractivity contribution in [1.82, 2.24) is 4.98 Å². The average molecular weight is 616 g/mol. The standard InChI is InChI=1S/C35H48F3NO3Si/c1-22(2)28-18-27(23-13-16-41-17-14-23)31-29(39-28)20-34(21-30(31)42-43(6,7)33(3,4)5)15-12-25(19-34)32(40)24-8-10-26(11-9-24)35(36,37)38/h8-11,13,18,22,25,30,32,40H,12,14-17,19-21H2,1-7H3/t25?,30-,32-,34?/m0/s1. The van der Waals surface area contributed by atoms with E-state index in [4.69, 9.17) is 14.1 Å². The number of hydrogen-bond acceptors (Lipinski definition) is 4. The molecule has 1 saturated carbocycles. The van der Waals surface area contributed by atoms with Crippen LogP contribution in [0.5, 0.6) is 0 Å². The van der Waals surface area contributed by atoms with E-state index in [0.717, 1.165) is 62.0 Å². The largest absolute Gasteiger partial charge is 0.416 e. The maximum absolute atomic E-state index is 13.1. The maximum Gasteiger partial charge on any atom is 0.416 e. The van der Waals surface area contributed by atoms with Crippen molar-refractivity contribution < 1.29 is 27.4 Å². The van der Waals surface area contributed by atoms with Crippen LogP contribution in [0.3, 0.4) is 0 Å². The minimum atomic E-state index is -4.39. The molecule has 1 aromatic carbocycles. The molecule has 2 heterocycles. The number of fused-ring (bicyclic) bond motifs is 1. The first-order chi connectivity index (χ1) is 20.0. The molecule has 0 radical (unpaired) electrons. The summed E-state index contributed by atoms with van der Waals surface area (Å²) in [5.41, 5.74) is 5.79. The summed E-state index contributed by atoms with van der Waals surface area (Å²) in [4.78, 5) is 5.30. The van der Waals surface area contributed by atoms with E-state index in [1.165, 1.54) is 28.8 Å². The highest BCUT2D eigenvalue weighted by Crippen LogP contribution is 2.58. The van der Waals surface area contributed by atoms with Crippen LogP contribution >= 0.6 is 0 Å². The van der Waals surface area contributed by atoms with Crippen molar-refractivity contribution >= 4 is 13.9 Å². The van der Waals surface area contributed by atoms with Crippen LogP contribution in [-0.4, -0.2) is 31.6 Å². The number of hydrogen-bond donors (Lipinski definition) is 1. The fourth-order valence-corrected chi connectivity index (χ4v) is 8.29. The summed E-state index contributed by atoms with van der Waals surface area (Å²) in [7, 11) is -2.16. The first-order valence-electron chi connectivity index (χ1n) is 15.8. The molecule has 2 unspecified atom stereocenters. The van der Waals surface area contributed by atoms with Gasteiger partial charge in [-0.05, 0) is 109 Å². The van der Waals surface area contributed by atoms with Gasteiger partial charge >= 0.3 is 6.18 Å². The normalized spacial score (nSPS) is 25.6. The molecule has 3 aliphatic rings. The lowest BCUT2D eigenvalue weighted by Gasteiger charge is -2.46. The Morgan fingerprint density at radius 3 is 2.37 bits per heavy atom. The lowest BCUT2D eigenvalue weighted by molar-refractivity contribution is -0.137. The lowest BCUT2D eigenvalue weighted by atomic mass is 9.68. The van der Waals surface area contributed by atoms with Crippen LogP contribution in [0.25, 0.3) is 5.57 Å². The van der Waals surface area contributed by atoms with E-state index < -0.39 is 26.2 Å². The summed E-state index contributed by atoms with van der Waals surface area (Å²) in [5.74, 6) is 0.248. The zero-order valence-electron chi connectivity index (χ0n) is 26.8. The monoisotopic (exact) mass is 615 g/mol. The summed E-state index contributed by atoms with van der Waals surface area (Å²) >= 11 is 0.